The van der Waals surface area contributed by atoms with Crippen LogP contribution in [-0.4, -0.2) is 39.3 Å². The Balaban J connectivity index is 1.35. The number of amides is 2. The standard InChI is InChI=1S/C17H22N4O2/c1-20-12(6-7-18-20)10-13-4-2-8-21(13)17(22)19-15-11-14(15)16-5-3-9-23-16/h3,5-7,9,13-15H,2,4,8,10-11H2,1H3,(H,19,22)/t13-,14+,15+/m0/s1. The number of aromatic nitrogens is 2. The zero-order valence-corrected chi connectivity index (χ0v) is 13.3. The Hall–Kier alpha value is -2.24. The van der Waals surface area contributed by atoms with Crippen molar-refractivity contribution in [3.8, 4) is 0 Å². The highest BCUT2D eigenvalue weighted by molar-refractivity contribution is 5.76. The fourth-order valence-electron chi connectivity index (χ4n) is 3.57. The fraction of sp³-hybridized carbons (Fsp3) is 0.529. The van der Waals surface area contributed by atoms with Crippen molar-refractivity contribution in [2.75, 3.05) is 6.54 Å². The van der Waals surface area contributed by atoms with Crippen LogP contribution in [0.5, 0.6) is 0 Å². The van der Waals surface area contributed by atoms with Crippen LogP contribution < -0.4 is 5.32 Å². The number of hydrogen-bond acceptors (Lipinski definition) is 3. The SMILES string of the molecule is Cn1nccc1C[C@@H]1CCCN1C(=O)N[C@@H]1C[C@H]1c1ccco1. The number of nitrogens with zero attached hydrogens (tertiary/aromatic N) is 3. The number of rotatable bonds is 4. The van der Waals surface area contributed by atoms with E-state index in [0.29, 0.717) is 5.92 Å². The lowest BCUT2D eigenvalue weighted by atomic mass is 10.1. The molecule has 1 aliphatic carbocycles. The van der Waals surface area contributed by atoms with E-state index in [1.54, 1.807) is 6.26 Å². The highest BCUT2D eigenvalue weighted by Crippen LogP contribution is 2.41. The lowest BCUT2D eigenvalue weighted by molar-refractivity contribution is 0.191. The summed E-state index contributed by atoms with van der Waals surface area (Å²) in [4.78, 5) is 14.6. The van der Waals surface area contributed by atoms with Crippen molar-refractivity contribution in [1.82, 2.24) is 20.0 Å². The molecular formula is C17H22N4O2. The number of aryl methyl sites for hydroxylation is 1. The molecule has 0 aromatic carbocycles. The predicted molar refractivity (Wildman–Crippen MR) is 85.0 cm³/mol. The van der Waals surface area contributed by atoms with Gasteiger partial charge in [0.05, 0.1) is 6.26 Å². The quantitative estimate of drug-likeness (QED) is 0.942. The maximum Gasteiger partial charge on any atom is 0.317 e. The monoisotopic (exact) mass is 314 g/mol. The molecule has 3 atom stereocenters. The molecule has 1 saturated carbocycles. The van der Waals surface area contributed by atoms with Gasteiger partial charge in [-0.25, -0.2) is 4.79 Å². The Morgan fingerprint density at radius 2 is 2.39 bits per heavy atom. The molecule has 2 amide bonds. The predicted octanol–water partition coefficient (Wildman–Crippen LogP) is 2.29. The van der Waals surface area contributed by atoms with E-state index in [-0.39, 0.29) is 18.1 Å². The van der Waals surface area contributed by atoms with Crippen molar-refractivity contribution < 1.29 is 9.21 Å². The Morgan fingerprint density at radius 1 is 1.48 bits per heavy atom. The van der Waals surface area contributed by atoms with Crippen molar-refractivity contribution in [2.45, 2.75) is 43.7 Å². The van der Waals surface area contributed by atoms with E-state index < -0.39 is 0 Å². The van der Waals surface area contributed by atoms with E-state index in [1.165, 1.54) is 5.69 Å². The van der Waals surface area contributed by atoms with Gasteiger partial charge in [-0.2, -0.15) is 5.10 Å². The summed E-state index contributed by atoms with van der Waals surface area (Å²) >= 11 is 0. The highest BCUT2D eigenvalue weighted by Gasteiger charge is 2.43. The van der Waals surface area contributed by atoms with E-state index in [1.807, 2.05) is 41.0 Å². The van der Waals surface area contributed by atoms with Crippen LogP contribution in [0.2, 0.25) is 0 Å². The minimum atomic E-state index is 0.0636. The Morgan fingerprint density at radius 3 is 3.13 bits per heavy atom. The second kappa shape index (κ2) is 5.76. The zero-order chi connectivity index (χ0) is 15.8. The molecule has 6 nitrogen and oxygen atoms in total. The van der Waals surface area contributed by atoms with Crippen LogP contribution in [0.25, 0.3) is 0 Å². The average molecular weight is 314 g/mol. The molecule has 0 spiro atoms. The summed E-state index contributed by atoms with van der Waals surface area (Å²) in [5.41, 5.74) is 1.18. The highest BCUT2D eigenvalue weighted by atomic mass is 16.3. The number of furan rings is 1. The molecule has 2 fully saturated rings. The number of carbonyl (C=O) groups is 1. The van der Waals surface area contributed by atoms with E-state index in [0.717, 1.165) is 38.0 Å². The molecule has 23 heavy (non-hydrogen) atoms. The number of likely N-dealkylation sites (tertiary alicyclic amines) is 1. The number of hydrogen-bond donors (Lipinski definition) is 1. The summed E-state index contributed by atoms with van der Waals surface area (Å²) in [6.45, 7) is 0.840. The molecular weight excluding hydrogens is 292 g/mol. The molecule has 0 unspecified atom stereocenters. The second-order valence-electron chi connectivity index (χ2n) is 6.55. The van der Waals surface area contributed by atoms with Gasteiger partial charge in [0.15, 0.2) is 0 Å². The van der Waals surface area contributed by atoms with E-state index >= 15 is 0 Å². The first-order valence-electron chi connectivity index (χ1n) is 8.30. The number of nitrogens with one attached hydrogen (secondary N) is 1. The van der Waals surface area contributed by atoms with Gasteiger partial charge < -0.3 is 14.6 Å². The van der Waals surface area contributed by atoms with Gasteiger partial charge in [-0.3, -0.25) is 4.68 Å². The minimum Gasteiger partial charge on any atom is -0.469 e. The molecule has 2 aliphatic rings. The molecule has 3 heterocycles. The maximum absolute atomic E-state index is 12.6. The van der Waals surface area contributed by atoms with Gasteiger partial charge in [-0.15, -0.1) is 0 Å². The first-order valence-corrected chi connectivity index (χ1v) is 8.30. The van der Waals surface area contributed by atoms with E-state index in [9.17, 15) is 4.79 Å². The Bertz CT molecular complexity index is 679. The van der Waals surface area contributed by atoms with Gasteiger partial charge >= 0.3 is 6.03 Å². The van der Waals surface area contributed by atoms with Crippen LogP contribution in [0.4, 0.5) is 4.79 Å². The molecule has 4 rings (SSSR count). The van der Waals surface area contributed by atoms with Gasteiger partial charge in [0.1, 0.15) is 5.76 Å². The Labute approximate surface area is 135 Å². The summed E-state index contributed by atoms with van der Waals surface area (Å²) in [7, 11) is 1.95. The average Bonchev–Trinajstić information content (AvgIpc) is 3.00. The van der Waals surface area contributed by atoms with E-state index in [4.69, 9.17) is 4.42 Å². The van der Waals surface area contributed by atoms with Crippen LogP contribution >= 0.6 is 0 Å². The lowest BCUT2D eigenvalue weighted by Crippen LogP contribution is -2.44. The second-order valence-corrected chi connectivity index (χ2v) is 6.55. The topological polar surface area (TPSA) is 63.3 Å². The van der Waals surface area contributed by atoms with Crippen LogP contribution in [0.15, 0.2) is 35.1 Å². The number of carbonyl (C=O) groups excluding carboxylic acids is 1. The van der Waals surface area contributed by atoms with Crippen molar-refractivity contribution in [2.24, 2.45) is 7.05 Å². The van der Waals surface area contributed by atoms with Gasteiger partial charge in [-0.1, -0.05) is 0 Å². The third-order valence-corrected chi connectivity index (χ3v) is 5.01. The molecule has 122 valence electrons. The van der Waals surface area contributed by atoms with Crippen molar-refractivity contribution in [1.29, 1.82) is 0 Å². The van der Waals surface area contributed by atoms with Crippen LogP contribution in [0.1, 0.15) is 36.6 Å². The molecule has 2 aromatic rings. The zero-order valence-electron chi connectivity index (χ0n) is 13.3. The first-order chi connectivity index (χ1) is 11.2. The van der Waals surface area contributed by atoms with Gasteiger partial charge in [0, 0.05) is 49.9 Å². The summed E-state index contributed by atoms with van der Waals surface area (Å²) in [6, 6.07) is 6.46. The van der Waals surface area contributed by atoms with Crippen LogP contribution in [-0.2, 0) is 13.5 Å². The summed E-state index contributed by atoms with van der Waals surface area (Å²) in [5.74, 6) is 1.32. The van der Waals surface area contributed by atoms with Crippen molar-refractivity contribution >= 4 is 6.03 Å². The lowest BCUT2D eigenvalue weighted by Gasteiger charge is -2.25. The summed E-state index contributed by atoms with van der Waals surface area (Å²) < 4.78 is 7.32. The fourth-order valence-corrected chi connectivity index (χ4v) is 3.57. The third kappa shape index (κ3) is 2.85. The van der Waals surface area contributed by atoms with E-state index in [2.05, 4.69) is 10.4 Å². The minimum absolute atomic E-state index is 0.0636. The van der Waals surface area contributed by atoms with Gasteiger partial charge in [0.2, 0.25) is 0 Å². The largest absolute Gasteiger partial charge is 0.469 e. The van der Waals surface area contributed by atoms with Crippen LogP contribution in [0, 0.1) is 0 Å². The maximum atomic E-state index is 12.6. The molecule has 1 saturated heterocycles. The number of urea groups is 1. The normalized spacial score (nSPS) is 26.5. The molecule has 0 radical (unpaired) electrons. The third-order valence-electron chi connectivity index (χ3n) is 5.01. The molecule has 2 aromatic heterocycles. The molecule has 1 N–H and O–H groups in total. The van der Waals surface area contributed by atoms with Gasteiger partial charge in [0.25, 0.3) is 0 Å². The summed E-state index contributed by atoms with van der Waals surface area (Å²) in [6.07, 6.45) is 7.48. The summed E-state index contributed by atoms with van der Waals surface area (Å²) in [5, 5.41) is 7.38. The molecule has 6 heteroatoms. The smallest absolute Gasteiger partial charge is 0.317 e. The molecule has 0 bridgehead atoms. The Kier molecular flexibility index (Phi) is 3.59. The van der Waals surface area contributed by atoms with Gasteiger partial charge in [-0.05, 0) is 37.5 Å². The van der Waals surface area contributed by atoms with Crippen molar-refractivity contribution in [3.05, 3.63) is 42.1 Å². The molecule has 1 aliphatic heterocycles. The first kappa shape index (κ1) is 14.4. The van der Waals surface area contributed by atoms with Crippen LogP contribution in [0.3, 0.4) is 0 Å². The van der Waals surface area contributed by atoms with Crippen molar-refractivity contribution in [3.63, 3.8) is 0 Å².